The van der Waals surface area contributed by atoms with Crippen molar-refractivity contribution in [1.29, 1.82) is 0 Å². The van der Waals surface area contributed by atoms with Crippen molar-refractivity contribution < 1.29 is 14.6 Å². The monoisotopic (exact) mass is 220 g/mol. The highest BCUT2D eigenvalue weighted by atomic mass is 35.5. The van der Waals surface area contributed by atoms with E-state index < -0.39 is 5.97 Å². The second-order valence-electron chi connectivity index (χ2n) is 2.27. The van der Waals surface area contributed by atoms with E-state index in [4.69, 9.17) is 33.0 Å². The molecule has 3 nitrogen and oxygen atoms in total. The average Bonchev–Trinajstić information content (AvgIpc) is 2.07. The molecule has 0 aliphatic carbocycles. The van der Waals surface area contributed by atoms with Crippen LogP contribution >= 0.6 is 23.2 Å². The van der Waals surface area contributed by atoms with E-state index >= 15 is 0 Å². The van der Waals surface area contributed by atoms with E-state index in [0.717, 1.165) is 0 Å². The topological polar surface area (TPSA) is 46.5 Å². The van der Waals surface area contributed by atoms with Gasteiger partial charge in [-0.25, -0.2) is 4.79 Å². The van der Waals surface area contributed by atoms with Crippen molar-refractivity contribution in [3.8, 4) is 5.75 Å². The minimum atomic E-state index is -1.12. The van der Waals surface area contributed by atoms with Crippen molar-refractivity contribution in [2.75, 3.05) is 7.11 Å². The Morgan fingerprint density at radius 1 is 1.38 bits per heavy atom. The number of hydrogen-bond donors (Lipinski definition) is 1. The van der Waals surface area contributed by atoms with Crippen molar-refractivity contribution in [2.45, 2.75) is 0 Å². The quantitative estimate of drug-likeness (QED) is 0.834. The predicted molar refractivity (Wildman–Crippen MR) is 50.0 cm³/mol. The maximum Gasteiger partial charge on any atom is 0.337 e. The lowest BCUT2D eigenvalue weighted by Gasteiger charge is -2.05. The third kappa shape index (κ3) is 2.05. The third-order valence-electron chi connectivity index (χ3n) is 1.47. The smallest absolute Gasteiger partial charge is 0.337 e. The maximum absolute atomic E-state index is 10.6. The minimum Gasteiger partial charge on any atom is -0.495 e. The van der Waals surface area contributed by atoms with Crippen LogP contribution in [0.15, 0.2) is 12.1 Å². The average molecular weight is 221 g/mol. The summed E-state index contributed by atoms with van der Waals surface area (Å²) in [5.41, 5.74) is -0.0348. The van der Waals surface area contributed by atoms with Gasteiger partial charge in [0.1, 0.15) is 5.75 Å². The lowest BCUT2D eigenvalue weighted by molar-refractivity contribution is 0.0697. The fourth-order valence-electron chi connectivity index (χ4n) is 0.849. The number of carboxylic acid groups (broad SMARTS) is 1. The van der Waals surface area contributed by atoms with Crippen molar-refractivity contribution in [2.24, 2.45) is 0 Å². The van der Waals surface area contributed by atoms with Crippen LogP contribution < -0.4 is 4.74 Å². The highest BCUT2D eigenvalue weighted by Gasteiger charge is 2.12. The van der Waals surface area contributed by atoms with Crippen molar-refractivity contribution in [1.82, 2.24) is 0 Å². The standard InChI is InChI=1S/C8H6Cl2O3/c1-13-7-3-5(9)4(8(11)12)2-6(7)10/h2-3H,1H3,(H,11,12). The molecule has 1 rings (SSSR count). The normalized spacial score (nSPS) is 9.77. The molecule has 1 aromatic carbocycles. The van der Waals surface area contributed by atoms with Crippen LogP contribution in [0.1, 0.15) is 10.4 Å². The minimum absolute atomic E-state index is 0.0348. The molecule has 0 bridgehead atoms. The summed E-state index contributed by atoms with van der Waals surface area (Å²) in [5, 5.41) is 9.00. The highest BCUT2D eigenvalue weighted by Crippen LogP contribution is 2.30. The zero-order chi connectivity index (χ0) is 10.0. The molecule has 1 aromatic rings. The Kier molecular flexibility index (Phi) is 3.01. The molecule has 0 saturated carbocycles. The highest BCUT2D eigenvalue weighted by molar-refractivity contribution is 6.36. The molecule has 1 N–H and O–H groups in total. The largest absolute Gasteiger partial charge is 0.495 e. The summed E-state index contributed by atoms with van der Waals surface area (Å²) < 4.78 is 4.85. The van der Waals surface area contributed by atoms with Crippen LogP contribution in [0.2, 0.25) is 10.0 Å². The molecule has 0 fully saturated rings. The summed E-state index contributed by atoms with van der Waals surface area (Å²) in [6.07, 6.45) is 0. The Bertz CT molecular complexity index is 349. The van der Waals surface area contributed by atoms with Gasteiger partial charge in [-0.15, -0.1) is 0 Å². The molecule has 0 aliphatic heterocycles. The van der Waals surface area contributed by atoms with Crippen LogP contribution in [0.5, 0.6) is 5.75 Å². The molecule has 5 heteroatoms. The summed E-state index contributed by atoms with van der Waals surface area (Å²) in [6, 6.07) is 2.62. The third-order valence-corrected chi connectivity index (χ3v) is 2.08. The van der Waals surface area contributed by atoms with E-state index in [1.165, 1.54) is 19.2 Å². The summed E-state index contributed by atoms with van der Waals surface area (Å²) >= 11 is 11.4. The van der Waals surface area contributed by atoms with Crippen LogP contribution in [-0.4, -0.2) is 18.2 Å². The molecule has 0 unspecified atom stereocenters. The molecule has 0 spiro atoms. The van der Waals surface area contributed by atoms with Gasteiger partial charge in [-0.1, -0.05) is 23.2 Å². The van der Waals surface area contributed by atoms with Gasteiger partial charge in [0, 0.05) is 6.07 Å². The number of hydrogen-bond acceptors (Lipinski definition) is 2. The lowest BCUT2D eigenvalue weighted by atomic mass is 10.2. The molecule has 0 aromatic heterocycles. The van der Waals surface area contributed by atoms with Gasteiger partial charge in [0.15, 0.2) is 0 Å². The predicted octanol–water partition coefficient (Wildman–Crippen LogP) is 2.70. The first-order valence-electron chi connectivity index (χ1n) is 3.32. The number of halogens is 2. The fraction of sp³-hybridized carbons (Fsp3) is 0.125. The van der Waals surface area contributed by atoms with Crippen molar-refractivity contribution >= 4 is 29.2 Å². The number of ether oxygens (including phenoxy) is 1. The van der Waals surface area contributed by atoms with Crippen molar-refractivity contribution in [3.05, 3.63) is 27.7 Å². The molecular formula is C8H6Cl2O3. The molecular weight excluding hydrogens is 215 g/mol. The SMILES string of the molecule is COc1cc(Cl)c(C(=O)O)cc1Cl. The van der Waals surface area contributed by atoms with E-state index in [1.807, 2.05) is 0 Å². The van der Waals surface area contributed by atoms with Gasteiger partial charge in [0.2, 0.25) is 0 Å². The van der Waals surface area contributed by atoms with Gasteiger partial charge >= 0.3 is 5.97 Å². The molecule has 0 atom stereocenters. The van der Waals surface area contributed by atoms with E-state index in [-0.39, 0.29) is 15.6 Å². The maximum atomic E-state index is 10.6. The van der Waals surface area contributed by atoms with Gasteiger partial charge in [0.25, 0.3) is 0 Å². The van der Waals surface area contributed by atoms with Gasteiger partial charge in [-0.05, 0) is 6.07 Å². The first-order valence-corrected chi connectivity index (χ1v) is 4.08. The molecule has 70 valence electrons. The first-order chi connectivity index (χ1) is 6.06. The van der Waals surface area contributed by atoms with Gasteiger partial charge in [0.05, 0.1) is 22.7 Å². The number of aromatic carboxylic acids is 1. The number of rotatable bonds is 2. The molecule has 0 saturated heterocycles. The number of carboxylic acids is 1. The Hall–Kier alpha value is -0.930. The molecule has 13 heavy (non-hydrogen) atoms. The van der Waals surface area contributed by atoms with Crippen LogP contribution in [0.3, 0.4) is 0 Å². The molecule has 0 radical (unpaired) electrons. The number of methoxy groups -OCH3 is 1. The van der Waals surface area contributed by atoms with E-state index in [0.29, 0.717) is 5.75 Å². The summed E-state index contributed by atoms with van der Waals surface area (Å²) in [4.78, 5) is 10.6. The summed E-state index contributed by atoms with van der Waals surface area (Å²) in [6.45, 7) is 0. The Balaban J connectivity index is 3.28. The fourth-order valence-corrected chi connectivity index (χ4v) is 1.32. The molecule has 0 aliphatic rings. The Morgan fingerprint density at radius 3 is 2.46 bits per heavy atom. The van der Waals surface area contributed by atoms with Crippen LogP contribution in [0.4, 0.5) is 0 Å². The van der Waals surface area contributed by atoms with Crippen LogP contribution in [0, 0.1) is 0 Å². The van der Waals surface area contributed by atoms with Crippen LogP contribution in [0.25, 0.3) is 0 Å². The van der Waals surface area contributed by atoms with Gasteiger partial charge < -0.3 is 9.84 Å². The van der Waals surface area contributed by atoms with E-state index in [1.54, 1.807) is 0 Å². The zero-order valence-electron chi connectivity index (χ0n) is 6.67. The van der Waals surface area contributed by atoms with Gasteiger partial charge in [-0.3, -0.25) is 0 Å². The van der Waals surface area contributed by atoms with Crippen LogP contribution in [-0.2, 0) is 0 Å². The number of benzene rings is 1. The first kappa shape index (κ1) is 10.2. The Morgan fingerprint density at radius 2 is 2.00 bits per heavy atom. The summed E-state index contributed by atoms with van der Waals surface area (Å²) in [5.74, 6) is -0.758. The second-order valence-corrected chi connectivity index (χ2v) is 3.09. The second kappa shape index (κ2) is 3.85. The lowest BCUT2D eigenvalue weighted by Crippen LogP contribution is -1.98. The van der Waals surface area contributed by atoms with E-state index in [2.05, 4.69) is 0 Å². The number of carbonyl (C=O) groups is 1. The summed E-state index contributed by atoms with van der Waals surface area (Å²) in [7, 11) is 1.43. The van der Waals surface area contributed by atoms with Crippen molar-refractivity contribution in [3.63, 3.8) is 0 Å². The van der Waals surface area contributed by atoms with Gasteiger partial charge in [-0.2, -0.15) is 0 Å². The van der Waals surface area contributed by atoms with E-state index in [9.17, 15) is 4.79 Å². The zero-order valence-corrected chi connectivity index (χ0v) is 8.19. The molecule has 0 amide bonds. The Labute approximate surface area is 84.8 Å². The molecule has 0 heterocycles.